The molecule has 116 valence electrons. The van der Waals surface area contributed by atoms with Gasteiger partial charge < -0.3 is 5.32 Å². The summed E-state index contributed by atoms with van der Waals surface area (Å²) in [7, 11) is -1.71. The van der Waals surface area contributed by atoms with Gasteiger partial charge in [0.25, 0.3) is 5.69 Å². The Morgan fingerprint density at radius 2 is 1.62 bits per heavy atom. The highest BCUT2D eigenvalue weighted by molar-refractivity contribution is 7.89. The molecule has 0 unspecified atom stereocenters. The molecule has 0 radical (unpaired) electrons. The van der Waals surface area contributed by atoms with E-state index in [1.54, 1.807) is 0 Å². The van der Waals surface area contributed by atoms with Crippen LogP contribution in [0.1, 0.15) is 25.7 Å². The van der Waals surface area contributed by atoms with Crippen molar-refractivity contribution in [3.8, 4) is 0 Å². The van der Waals surface area contributed by atoms with E-state index in [-0.39, 0.29) is 16.6 Å². The van der Waals surface area contributed by atoms with Crippen LogP contribution in [0.4, 0.5) is 5.69 Å². The molecule has 0 saturated heterocycles. The second-order valence-corrected chi connectivity index (χ2v) is 6.92. The number of rotatable bonds is 5. The van der Waals surface area contributed by atoms with E-state index in [4.69, 9.17) is 0 Å². The van der Waals surface area contributed by atoms with Gasteiger partial charge in [0.05, 0.1) is 9.82 Å². The van der Waals surface area contributed by atoms with E-state index in [2.05, 4.69) is 10.0 Å². The first-order valence-electron chi connectivity index (χ1n) is 6.86. The van der Waals surface area contributed by atoms with Gasteiger partial charge >= 0.3 is 0 Å². The van der Waals surface area contributed by atoms with Crippen LogP contribution in [0.15, 0.2) is 29.2 Å². The van der Waals surface area contributed by atoms with Gasteiger partial charge in [-0.15, -0.1) is 0 Å². The first kappa shape index (κ1) is 15.9. The maximum Gasteiger partial charge on any atom is 0.269 e. The van der Waals surface area contributed by atoms with Gasteiger partial charge in [-0.3, -0.25) is 10.1 Å². The first-order chi connectivity index (χ1) is 9.92. The lowest BCUT2D eigenvalue weighted by atomic mass is 9.92. The van der Waals surface area contributed by atoms with E-state index in [0.29, 0.717) is 6.04 Å². The minimum atomic E-state index is -3.62. The third-order valence-corrected chi connectivity index (χ3v) is 5.35. The molecule has 8 heteroatoms. The average molecular weight is 313 g/mol. The lowest BCUT2D eigenvalue weighted by Gasteiger charge is -2.28. The van der Waals surface area contributed by atoms with E-state index in [0.717, 1.165) is 25.7 Å². The van der Waals surface area contributed by atoms with Gasteiger partial charge in [-0.1, -0.05) is 0 Å². The Kier molecular flexibility index (Phi) is 4.92. The summed E-state index contributed by atoms with van der Waals surface area (Å²) in [6.45, 7) is 0. The van der Waals surface area contributed by atoms with E-state index >= 15 is 0 Å². The normalized spacial score (nSPS) is 22.9. The van der Waals surface area contributed by atoms with Crippen LogP contribution in [0.25, 0.3) is 0 Å². The van der Waals surface area contributed by atoms with Crippen molar-refractivity contribution >= 4 is 15.7 Å². The fraction of sp³-hybridized carbons (Fsp3) is 0.538. The molecule has 21 heavy (non-hydrogen) atoms. The molecule has 0 atom stereocenters. The topological polar surface area (TPSA) is 101 Å². The lowest BCUT2D eigenvalue weighted by Crippen LogP contribution is -2.41. The second kappa shape index (κ2) is 6.50. The fourth-order valence-electron chi connectivity index (χ4n) is 2.53. The second-order valence-electron chi connectivity index (χ2n) is 5.21. The minimum absolute atomic E-state index is 0.0591. The van der Waals surface area contributed by atoms with Crippen molar-refractivity contribution in [2.45, 2.75) is 42.7 Å². The fourth-order valence-corrected chi connectivity index (χ4v) is 3.84. The molecule has 0 spiro atoms. The van der Waals surface area contributed by atoms with Crippen LogP contribution in [0.3, 0.4) is 0 Å². The third-order valence-electron chi connectivity index (χ3n) is 3.82. The number of hydrogen-bond acceptors (Lipinski definition) is 5. The van der Waals surface area contributed by atoms with Gasteiger partial charge in [0.15, 0.2) is 0 Å². The third kappa shape index (κ3) is 3.99. The number of nitrogens with one attached hydrogen (secondary N) is 2. The zero-order chi connectivity index (χ0) is 15.5. The molecule has 0 amide bonds. The maximum atomic E-state index is 12.2. The quantitative estimate of drug-likeness (QED) is 0.632. The molecular weight excluding hydrogens is 294 g/mol. The summed E-state index contributed by atoms with van der Waals surface area (Å²) in [4.78, 5) is 10.1. The van der Waals surface area contributed by atoms with Crippen LogP contribution >= 0.6 is 0 Å². The minimum Gasteiger partial charge on any atom is -0.317 e. The van der Waals surface area contributed by atoms with Crippen molar-refractivity contribution in [2.24, 2.45) is 0 Å². The Bertz CT molecular complexity index is 592. The summed E-state index contributed by atoms with van der Waals surface area (Å²) in [6, 6.07) is 5.30. The van der Waals surface area contributed by atoms with Crippen LogP contribution < -0.4 is 10.0 Å². The Hall–Kier alpha value is -1.51. The van der Waals surface area contributed by atoms with Crippen LogP contribution in [0.2, 0.25) is 0 Å². The van der Waals surface area contributed by atoms with E-state index < -0.39 is 14.9 Å². The standard InChI is InChI=1S/C13H19N3O4S/c1-14-10-2-4-11(5-3-10)15-21(19,20)13-8-6-12(7-9-13)16(17)18/h6-11,14-15H,2-5H2,1H3. The highest BCUT2D eigenvalue weighted by atomic mass is 32.2. The van der Waals surface area contributed by atoms with Crippen molar-refractivity contribution < 1.29 is 13.3 Å². The average Bonchev–Trinajstić information content (AvgIpc) is 2.48. The molecule has 0 bridgehead atoms. The molecule has 7 nitrogen and oxygen atoms in total. The number of non-ortho nitro benzene ring substituents is 1. The first-order valence-corrected chi connectivity index (χ1v) is 8.35. The summed E-state index contributed by atoms with van der Waals surface area (Å²) in [6.07, 6.45) is 3.45. The summed E-state index contributed by atoms with van der Waals surface area (Å²) in [5.41, 5.74) is -0.122. The Labute approximate surface area is 123 Å². The molecule has 1 aromatic rings. The molecule has 0 heterocycles. The number of sulfonamides is 1. The van der Waals surface area contributed by atoms with Crippen molar-refractivity contribution in [1.29, 1.82) is 0 Å². The van der Waals surface area contributed by atoms with Crippen LogP contribution in [0.5, 0.6) is 0 Å². The largest absolute Gasteiger partial charge is 0.317 e. The Balaban J connectivity index is 2.03. The van der Waals surface area contributed by atoms with Crippen molar-refractivity contribution in [3.63, 3.8) is 0 Å². The van der Waals surface area contributed by atoms with Gasteiger partial charge in [0, 0.05) is 24.2 Å². The molecule has 1 aromatic carbocycles. The van der Waals surface area contributed by atoms with E-state index in [1.807, 2.05) is 7.05 Å². The molecule has 1 fully saturated rings. The molecule has 0 aromatic heterocycles. The van der Waals surface area contributed by atoms with Crippen molar-refractivity contribution in [2.75, 3.05) is 7.05 Å². The predicted octanol–water partition coefficient (Wildman–Crippen LogP) is 1.40. The molecule has 2 rings (SSSR count). The number of nitro groups is 1. The number of nitrogens with zero attached hydrogens (tertiary/aromatic N) is 1. The number of nitro benzene ring substituents is 1. The number of benzene rings is 1. The Morgan fingerprint density at radius 1 is 1.10 bits per heavy atom. The van der Waals surface area contributed by atoms with Crippen molar-refractivity contribution in [3.05, 3.63) is 34.4 Å². The van der Waals surface area contributed by atoms with Gasteiger partial charge in [-0.05, 0) is 44.9 Å². The zero-order valence-electron chi connectivity index (χ0n) is 11.8. The highest BCUT2D eigenvalue weighted by Crippen LogP contribution is 2.21. The molecule has 1 aliphatic carbocycles. The predicted molar refractivity (Wildman–Crippen MR) is 78.5 cm³/mol. The van der Waals surface area contributed by atoms with Crippen LogP contribution in [-0.2, 0) is 10.0 Å². The van der Waals surface area contributed by atoms with Crippen molar-refractivity contribution in [1.82, 2.24) is 10.0 Å². The molecule has 1 saturated carbocycles. The molecule has 0 aliphatic heterocycles. The summed E-state index contributed by atoms with van der Waals surface area (Å²) in [5.74, 6) is 0. The summed E-state index contributed by atoms with van der Waals surface area (Å²) >= 11 is 0. The molecule has 1 aliphatic rings. The Morgan fingerprint density at radius 3 is 2.10 bits per heavy atom. The van der Waals surface area contributed by atoms with E-state index in [9.17, 15) is 18.5 Å². The highest BCUT2D eigenvalue weighted by Gasteiger charge is 2.25. The van der Waals surface area contributed by atoms with Crippen LogP contribution in [0, 0.1) is 10.1 Å². The SMILES string of the molecule is CNC1CCC(NS(=O)(=O)c2ccc([N+](=O)[O-])cc2)CC1. The van der Waals surface area contributed by atoms with Gasteiger partial charge in [-0.2, -0.15) is 0 Å². The van der Waals surface area contributed by atoms with Gasteiger partial charge in [0.1, 0.15) is 0 Å². The van der Waals surface area contributed by atoms with Crippen LogP contribution in [-0.4, -0.2) is 32.5 Å². The zero-order valence-corrected chi connectivity index (χ0v) is 12.6. The molecule has 2 N–H and O–H groups in total. The summed E-state index contributed by atoms with van der Waals surface area (Å²) in [5, 5.41) is 13.8. The van der Waals surface area contributed by atoms with Gasteiger partial charge in [0.2, 0.25) is 10.0 Å². The lowest BCUT2D eigenvalue weighted by molar-refractivity contribution is -0.384. The summed E-state index contributed by atoms with van der Waals surface area (Å²) < 4.78 is 27.2. The maximum absolute atomic E-state index is 12.2. The number of hydrogen-bond donors (Lipinski definition) is 2. The molecular formula is C13H19N3O4S. The smallest absolute Gasteiger partial charge is 0.269 e. The monoisotopic (exact) mass is 313 g/mol. The van der Waals surface area contributed by atoms with E-state index in [1.165, 1.54) is 24.3 Å². The van der Waals surface area contributed by atoms with Gasteiger partial charge in [-0.25, -0.2) is 13.1 Å².